The third-order valence-corrected chi connectivity index (χ3v) is 7.13. The van der Waals surface area contributed by atoms with Crippen LogP contribution < -0.4 is 9.64 Å². The number of rotatable bonds is 5. The summed E-state index contributed by atoms with van der Waals surface area (Å²) in [5, 5.41) is 1.07. The summed E-state index contributed by atoms with van der Waals surface area (Å²) >= 11 is 0. The molecule has 3 heterocycles. The first kappa shape index (κ1) is 24.7. The quantitative estimate of drug-likeness (QED) is 0.276. The third kappa shape index (κ3) is 5.05. The predicted molar refractivity (Wildman–Crippen MR) is 141 cm³/mol. The van der Waals surface area contributed by atoms with E-state index in [1.807, 2.05) is 24.5 Å². The van der Waals surface area contributed by atoms with Crippen LogP contribution in [0.5, 0.6) is 5.75 Å². The molecular formula is C30H28F3N3O2. The molecule has 2 atom stereocenters. The normalized spacial score (nSPS) is 20.1. The minimum Gasteiger partial charge on any atom is -0.406 e. The number of aromatic nitrogens is 2. The predicted octanol–water partition coefficient (Wildman–Crippen LogP) is 7.35. The van der Waals surface area contributed by atoms with Crippen LogP contribution in [0.25, 0.3) is 33.2 Å². The number of benzene rings is 2. The number of hydrogen-bond acceptors (Lipinski definition) is 5. The van der Waals surface area contributed by atoms with E-state index in [2.05, 4.69) is 41.7 Å². The average molecular weight is 520 g/mol. The second-order valence-corrected chi connectivity index (χ2v) is 10.2. The number of anilines is 1. The molecule has 1 aliphatic heterocycles. The molecule has 0 amide bonds. The summed E-state index contributed by atoms with van der Waals surface area (Å²) in [4.78, 5) is 11.9. The van der Waals surface area contributed by atoms with E-state index in [0.717, 1.165) is 64.9 Å². The molecule has 1 aliphatic carbocycles. The summed E-state index contributed by atoms with van der Waals surface area (Å²) in [6.45, 7) is 5.79. The van der Waals surface area contributed by atoms with Gasteiger partial charge in [-0.2, -0.15) is 0 Å². The van der Waals surface area contributed by atoms with Crippen LogP contribution in [0.4, 0.5) is 19.0 Å². The van der Waals surface area contributed by atoms with E-state index in [1.165, 1.54) is 17.7 Å². The van der Waals surface area contributed by atoms with Crippen LogP contribution in [0.15, 0.2) is 67.0 Å². The van der Waals surface area contributed by atoms with Crippen LogP contribution in [-0.4, -0.2) is 41.6 Å². The highest BCUT2D eigenvalue weighted by molar-refractivity contribution is 5.98. The summed E-state index contributed by atoms with van der Waals surface area (Å²) in [5.41, 5.74) is 5.86. The Morgan fingerprint density at radius 1 is 0.842 bits per heavy atom. The van der Waals surface area contributed by atoms with Crippen LogP contribution in [0.2, 0.25) is 0 Å². The number of fused-ring (bicyclic) bond motifs is 1. The highest BCUT2D eigenvalue weighted by Crippen LogP contribution is 2.48. The molecule has 2 aromatic heterocycles. The Bertz CT molecular complexity index is 1440. The maximum absolute atomic E-state index is 12.6. The maximum atomic E-state index is 12.6. The van der Waals surface area contributed by atoms with E-state index < -0.39 is 6.36 Å². The van der Waals surface area contributed by atoms with Crippen molar-refractivity contribution in [1.29, 1.82) is 0 Å². The van der Waals surface area contributed by atoms with Crippen molar-refractivity contribution in [2.24, 2.45) is 0 Å². The van der Waals surface area contributed by atoms with Crippen molar-refractivity contribution in [1.82, 2.24) is 9.97 Å². The molecular weight excluding hydrogens is 491 g/mol. The van der Waals surface area contributed by atoms with Crippen LogP contribution >= 0.6 is 0 Å². The molecule has 38 heavy (non-hydrogen) atoms. The third-order valence-electron chi connectivity index (χ3n) is 7.13. The van der Waals surface area contributed by atoms with Gasteiger partial charge in [0.25, 0.3) is 0 Å². The van der Waals surface area contributed by atoms with Gasteiger partial charge in [-0.15, -0.1) is 13.2 Å². The summed E-state index contributed by atoms with van der Waals surface area (Å²) in [7, 11) is 0. The Hall–Kier alpha value is -3.65. The Morgan fingerprint density at radius 3 is 2.18 bits per heavy atom. The van der Waals surface area contributed by atoms with Gasteiger partial charge in [0.15, 0.2) is 0 Å². The lowest BCUT2D eigenvalue weighted by molar-refractivity contribution is -0.274. The summed E-state index contributed by atoms with van der Waals surface area (Å²) < 4.78 is 47.6. The minimum atomic E-state index is -4.72. The van der Waals surface area contributed by atoms with Gasteiger partial charge in [0.05, 0.1) is 17.7 Å². The Labute approximate surface area is 219 Å². The van der Waals surface area contributed by atoms with E-state index in [-0.39, 0.29) is 18.0 Å². The highest BCUT2D eigenvalue weighted by atomic mass is 19.4. The lowest BCUT2D eigenvalue weighted by atomic mass is 9.92. The SMILES string of the molecule is CC1CN(c2ccc(-c3cnc4c(-c5ccc(OC(F)(F)F)cc5)cccc4c3C3CC3)cn2)CC(C)O1. The fourth-order valence-corrected chi connectivity index (χ4v) is 5.45. The average Bonchev–Trinajstić information content (AvgIpc) is 3.72. The largest absolute Gasteiger partial charge is 0.573 e. The summed E-state index contributed by atoms with van der Waals surface area (Å²) in [6.07, 6.45) is 1.69. The van der Waals surface area contributed by atoms with Gasteiger partial charge in [0.2, 0.25) is 0 Å². The smallest absolute Gasteiger partial charge is 0.406 e. The zero-order valence-corrected chi connectivity index (χ0v) is 21.2. The first-order valence-electron chi connectivity index (χ1n) is 12.9. The number of para-hydroxylation sites is 1. The van der Waals surface area contributed by atoms with Gasteiger partial charge in [0, 0.05) is 47.6 Å². The first-order valence-corrected chi connectivity index (χ1v) is 12.9. The van der Waals surface area contributed by atoms with Crippen molar-refractivity contribution < 1.29 is 22.6 Å². The fourth-order valence-electron chi connectivity index (χ4n) is 5.45. The number of morpholine rings is 1. The molecule has 2 aromatic carbocycles. The molecule has 2 fully saturated rings. The van der Waals surface area contributed by atoms with E-state index in [9.17, 15) is 13.2 Å². The molecule has 4 aromatic rings. The number of nitrogens with zero attached hydrogens (tertiary/aromatic N) is 3. The van der Waals surface area contributed by atoms with E-state index in [4.69, 9.17) is 14.7 Å². The monoisotopic (exact) mass is 519 g/mol. The minimum absolute atomic E-state index is 0.161. The molecule has 0 bridgehead atoms. The lowest BCUT2D eigenvalue weighted by Crippen LogP contribution is -2.45. The maximum Gasteiger partial charge on any atom is 0.573 e. The van der Waals surface area contributed by atoms with Gasteiger partial charge in [0.1, 0.15) is 11.6 Å². The van der Waals surface area contributed by atoms with Crippen LogP contribution in [0.1, 0.15) is 38.2 Å². The van der Waals surface area contributed by atoms with E-state index in [0.29, 0.717) is 5.92 Å². The number of alkyl halides is 3. The first-order chi connectivity index (χ1) is 18.2. The molecule has 1 saturated heterocycles. The molecule has 0 spiro atoms. The fraction of sp³-hybridized carbons (Fsp3) is 0.333. The second-order valence-electron chi connectivity index (χ2n) is 10.2. The van der Waals surface area contributed by atoms with Gasteiger partial charge in [-0.25, -0.2) is 4.98 Å². The highest BCUT2D eigenvalue weighted by Gasteiger charge is 2.31. The number of hydrogen-bond donors (Lipinski definition) is 0. The van der Waals surface area contributed by atoms with Crippen molar-refractivity contribution in [3.8, 4) is 28.0 Å². The van der Waals surface area contributed by atoms with Crippen molar-refractivity contribution in [2.45, 2.75) is 51.2 Å². The van der Waals surface area contributed by atoms with Gasteiger partial charge in [-0.3, -0.25) is 4.98 Å². The van der Waals surface area contributed by atoms with E-state index >= 15 is 0 Å². The van der Waals surface area contributed by atoms with Crippen molar-refractivity contribution >= 4 is 16.7 Å². The Kier molecular flexibility index (Phi) is 6.22. The van der Waals surface area contributed by atoms with Crippen LogP contribution in [0.3, 0.4) is 0 Å². The van der Waals surface area contributed by atoms with Gasteiger partial charge < -0.3 is 14.4 Å². The Balaban J connectivity index is 1.35. The van der Waals surface area contributed by atoms with Crippen molar-refractivity contribution in [3.63, 3.8) is 0 Å². The standard InChI is InChI=1S/C30H28F3N3O2/c1-18-16-36(17-19(2)37-18)27-13-10-22(14-34-27)26-15-35-29-24(4-3-5-25(29)28(26)21-6-7-21)20-8-11-23(12-9-20)38-30(31,32)33/h3-5,8-15,18-19,21H,6-7,16-17H2,1-2H3. The zero-order chi connectivity index (χ0) is 26.4. The van der Waals surface area contributed by atoms with Crippen LogP contribution in [0, 0.1) is 0 Å². The van der Waals surface area contributed by atoms with Gasteiger partial charge >= 0.3 is 6.36 Å². The molecule has 2 unspecified atom stereocenters. The molecule has 0 N–H and O–H groups in total. The molecule has 5 nitrogen and oxygen atoms in total. The summed E-state index contributed by atoms with van der Waals surface area (Å²) in [5.74, 6) is 1.15. The molecule has 2 aliphatic rings. The molecule has 1 saturated carbocycles. The number of pyridine rings is 2. The van der Waals surface area contributed by atoms with Crippen molar-refractivity contribution in [3.05, 3.63) is 72.6 Å². The number of ether oxygens (including phenoxy) is 2. The molecule has 0 radical (unpaired) electrons. The topological polar surface area (TPSA) is 47.5 Å². The Morgan fingerprint density at radius 2 is 1.55 bits per heavy atom. The second kappa shape index (κ2) is 9.58. The zero-order valence-electron chi connectivity index (χ0n) is 21.2. The lowest BCUT2D eigenvalue weighted by Gasteiger charge is -2.36. The molecule has 8 heteroatoms. The van der Waals surface area contributed by atoms with Gasteiger partial charge in [-0.1, -0.05) is 30.3 Å². The van der Waals surface area contributed by atoms with E-state index in [1.54, 1.807) is 12.1 Å². The molecule has 6 rings (SSSR count). The summed E-state index contributed by atoms with van der Waals surface area (Å²) in [6, 6.07) is 16.1. The number of halogens is 3. The molecule has 196 valence electrons. The van der Waals surface area contributed by atoms with Crippen LogP contribution in [-0.2, 0) is 4.74 Å². The van der Waals surface area contributed by atoms with Gasteiger partial charge in [-0.05, 0) is 68.0 Å². The van der Waals surface area contributed by atoms with Crippen molar-refractivity contribution in [2.75, 3.05) is 18.0 Å².